The Bertz CT molecular complexity index is 811. The number of rotatable bonds is 3. The Morgan fingerprint density at radius 3 is 1.82 bits per heavy atom. The molecule has 148 valence electrons. The predicted molar refractivity (Wildman–Crippen MR) is 112 cm³/mol. The van der Waals surface area contributed by atoms with E-state index in [1.165, 1.54) is 5.69 Å². The van der Waals surface area contributed by atoms with Crippen LogP contribution >= 0.6 is 0 Å². The normalized spacial score (nSPS) is 17.8. The lowest BCUT2D eigenvalue weighted by Crippen LogP contribution is -2.49. The largest absolute Gasteiger partial charge is 0.368 e. The molecule has 2 aromatic rings. The van der Waals surface area contributed by atoms with Gasteiger partial charge in [-0.2, -0.15) is 0 Å². The van der Waals surface area contributed by atoms with Crippen molar-refractivity contribution in [1.29, 1.82) is 0 Å². The third-order valence-corrected chi connectivity index (χ3v) is 5.58. The molecule has 0 N–H and O–H groups in total. The Balaban J connectivity index is 1.43. The summed E-state index contributed by atoms with van der Waals surface area (Å²) in [7, 11) is 0. The predicted octanol–water partition coefficient (Wildman–Crippen LogP) is 1.78. The molecule has 2 aliphatic heterocycles. The van der Waals surface area contributed by atoms with Crippen molar-refractivity contribution in [2.45, 2.75) is 13.8 Å². The lowest BCUT2D eigenvalue weighted by Gasteiger charge is -2.38. The number of para-hydroxylation sites is 1. The quantitative estimate of drug-likeness (QED) is 0.809. The standard InChI is InChI=1S/C21H28N6O/c1-17-22-20(26-12-8-24(9-13-26)18(2)28)16-21(23-17)27-14-10-25(11-15-27)19-6-4-3-5-7-19/h3-7,16H,8-15H2,1-2H3. The molecule has 1 amide bonds. The second-order valence-corrected chi connectivity index (χ2v) is 7.43. The van der Waals surface area contributed by atoms with Gasteiger partial charge in [0, 0.05) is 71.0 Å². The van der Waals surface area contributed by atoms with Gasteiger partial charge in [0.2, 0.25) is 5.91 Å². The SMILES string of the molecule is CC(=O)N1CCN(c2cc(N3CCN(c4ccccc4)CC3)nc(C)n2)CC1. The van der Waals surface area contributed by atoms with Crippen molar-refractivity contribution in [1.82, 2.24) is 14.9 Å². The summed E-state index contributed by atoms with van der Waals surface area (Å²) in [6, 6.07) is 12.7. The van der Waals surface area contributed by atoms with Crippen LogP contribution in [-0.4, -0.2) is 73.1 Å². The molecule has 0 aliphatic carbocycles. The second kappa shape index (κ2) is 8.04. The summed E-state index contributed by atoms with van der Waals surface area (Å²) in [5.41, 5.74) is 1.28. The molecule has 4 rings (SSSR count). The number of aromatic nitrogens is 2. The minimum absolute atomic E-state index is 0.149. The van der Waals surface area contributed by atoms with E-state index in [9.17, 15) is 4.79 Å². The highest BCUT2D eigenvalue weighted by molar-refractivity contribution is 5.73. The van der Waals surface area contributed by atoms with Gasteiger partial charge in [-0.3, -0.25) is 4.79 Å². The number of carbonyl (C=O) groups excluding carboxylic acids is 1. The van der Waals surface area contributed by atoms with Gasteiger partial charge in [0.25, 0.3) is 0 Å². The molecule has 0 unspecified atom stereocenters. The average molecular weight is 380 g/mol. The van der Waals surface area contributed by atoms with Crippen molar-refractivity contribution in [2.24, 2.45) is 0 Å². The summed E-state index contributed by atoms with van der Waals surface area (Å²) >= 11 is 0. The first-order valence-electron chi connectivity index (χ1n) is 10.0. The molecule has 7 nitrogen and oxygen atoms in total. The van der Waals surface area contributed by atoms with E-state index in [1.807, 2.05) is 11.8 Å². The molecule has 2 saturated heterocycles. The lowest BCUT2D eigenvalue weighted by molar-refractivity contribution is -0.129. The fourth-order valence-electron chi connectivity index (χ4n) is 3.94. The Hall–Kier alpha value is -2.83. The molecule has 1 aromatic heterocycles. The number of carbonyl (C=O) groups is 1. The van der Waals surface area contributed by atoms with E-state index in [0.29, 0.717) is 0 Å². The van der Waals surface area contributed by atoms with Crippen molar-refractivity contribution < 1.29 is 4.79 Å². The first-order valence-corrected chi connectivity index (χ1v) is 10.0. The van der Waals surface area contributed by atoms with Crippen molar-refractivity contribution in [3.63, 3.8) is 0 Å². The zero-order chi connectivity index (χ0) is 19.5. The highest BCUT2D eigenvalue weighted by atomic mass is 16.2. The van der Waals surface area contributed by atoms with E-state index in [0.717, 1.165) is 69.8 Å². The second-order valence-electron chi connectivity index (χ2n) is 7.43. The Morgan fingerprint density at radius 2 is 1.29 bits per heavy atom. The molecule has 0 bridgehead atoms. The van der Waals surface area contributed by atoms with Crippen LogP contribution in [0.1, 0.15) is 12.7 Å². The van der Waals surface area contributed by atoms with Gasteiger partial charge in [-0.05, 0) is 19.1 Å². The minimum Gasteiger partial charge on any atom is -0.368 e. The number of amides is 1. The van der Waals surface area contributed by atoms with Crippen molar-refractivity contribution in [3.05, 3.63) is 42.2 Å². The van der Waals surface area contributed by atoms with Crippen molar-refractivity contribution in [2.75, 3.05) is 67.1 Å². The number of hydrogen-bond acceptors (Lipinski definition) is 6. The summed E-state index contributed by atoms with van der Waals surface area (Å²) in [6.07, 6.45) is 0. The highest BCUT2D eigenvalue weighted by Crippen LogP contribution is 2.23. The Kier molecular flexibility index (Phi) is 5.32. The van der Waals surface area contributed by atoms with Gasteiger partial charge in [-0.25, -0.2) is 9.97 Å². The number of benzene rings is 1. The molecule has 28 heavy (non-hydrogen) atoms. The van der Waals surface area contributed by atoms with Crippen LogP contribution in [0, 0.1) is 6.92 Å². The van der Waals surface area contributed by atoms with Gasteiger partial charge in [0.1, 0.15) is 17.5 Å². The highest BCUT2D eigenvalue weighted by Gasteiger charge is 2.23. The molecule has 0 saturated carbocycles. The molecular weight excluding hydrogens is 352 g/mol. The van der Waals surface area contributed by atoms with Gasteiger partial charge in [0.15, 0.2) is 0 Å². The maximum Gasteiger partial charge on any atom is 0.219 e. The minimum atomic E-state index is 0.149. The third-order valence-electron chi connectivity index (χ3n) is 5.58. The summed E-state index contributed by atoms with van der Waals surface area (Å²) in [6.45, 7) is 10.6. The monoisotopic (exact) mass is 380 g/mol. The van der Waals surface area contributed by atoms with Gasteiger partial charge in [-0.15, -0.1) is 0 Å². The summed E-state index contributed by atoms with van der Waals surface area (Å²) < 4.78 is 0. The van der Waals surface area contributed by atoms with Crippen LogP contribution < -0.4 is 14.7 Å². The van der Waals surface area contributed by atoms with E-state index in [-0.39, 0.29) is 5.91 Å². The van der Waals surface area contributed by atoms with Crippen LogP contribution in [0.15, 0.2) is 36.4 Å². The zero-order valence-corrected chi connectivity index (χ0v) is 16.7. The van der Waals surface area contributed by atoms with E-state index in [4.69, 9.17) is 4.98 Å². The molecule has 7 heteroatoms. The molecule has 2 fully saturated rings. The first kappa shape index (κ1) is 18.5. The molecule has 0 atom stereocenters. The fraction of sp³-hybridized carbons (Fsp3) is 0.476. The molecule has 0 radical (unpaired) electrons. The zero-order valence-electron chi connectivity index (χ0n) is 16.7. The number of piperazine rings is 2. The average Bonchev–Trinajstić information content (AvgIpc) is 2.74. The topological polar surface area (TPSA) is 55.8 Å². The Morgan fingerprint density at radius 1 is 0.786 bits per heavy atom. The van der Waals surface area contributed by atoms with Crippen LogP contribution in [0.5, 0.6) is 0 Å². The Labute approximate surface area is 166 Å². The number of anilines is 3. The maximum absolute atomic E-state index is 11.6. The molecule has 3 heterocycles. The smallest absolute Gasteiger partial charge is 0.219 e. The third kappa shape index (κ3) is 4.03. The van der Waals surface area contributed by atoms with E-state index in [2.05, 4.69) is 56.1 Å². The van der Waals surface area contributed by atoms with Gasteiger partial charge < -0.3 is 19.6 Å². The van der Waals surface area contributed by atoms with Gasteiger partial charge in [0.05, 0.1) is 0 Å². The van der Waals surface area contributed by atoms with E-state index < -0.39 is 0 Å². The van der Waals surface area contributed by atoms with Crippen molar-refractivity contribution in [3.8, 4) is 0 Å². The van der Waals surface area contributed by atoms with Crippen LogP contribution in [-0.2, 0) is 4.79 Å². The summed E-state index contributed by atoms with van der Waals surface area (Å²) in [5.74, 6) is 2.92. The number of hydrogen-bond donors (Lipinski definition) is 0. The van der Waals surface area contributed by atoms with Crippen LogP contribution in [0.4, 0.5) is 17.3 Å². The molecule has 0 spiro atoms. The fourth-order valence-corrected chi connectivity index (χ4v) is 3.94. The lowest BCUT2D eigenvalue weighted by atomic mass is 10.2. The van der Waals surface area contributed by atoms with Crippen molar-refractivity contribution >= 4 is 23.2 Å². The molecular formula is C21H28N6O. The van der Waals surface area contributed by atoms with Crippen LogP contribution in [0.3, 0.4) is 0 Å². The first-order chi connectivity index (χ1) is 13.6. The summed E-state index contributed by atoms with van der Waals surface area (Å²) in [5, 5.41) is 0. The van der Waals surface area contributed by atoms with Gasteiger partial charge >= 0.3 is 0 Å². The summed E-state index contributed by atoms with van der Waals surface area (Å²) in [4.78, 5) is 29.8. The van der Waals surface area contributed by atoms with Crippen LogP contribution in [0.2, 0.25) is 0 Å². The van der Waals surface area contributed by atoms with Gasteiger partial charge in [-0.1, -0.05) is 18.2 Å². The number of aryl methyl sites for hydroxylation is 1. The molecule has 2 aliphatic rings. The molecule has 1 aromatic carbocycles. The maximum atomic E-state index is 11.6. The van der Waals surface area contributed by atoms with E-state index >= 15 is 0 Å². The van der Waals surface area contributed by atoms with E-state index in [1.54, 1.807) is 6.92 Å². The van der Waals surface area contributed by atoms with Crippen LogP contribution in [0.25, 0.3) is 0 Å². The number of nitrogens with zero attached hydrogens (tertiary/aromatic N) is 6.